The summed E-state index contributed by atoms with van der Waals surface area (Å²) in [5.41, 5.74) is 3.28. The maximum atomic E-state index is 11.9. The van der Waals surface area contributed by atoms with Gasteiger partial charge in [0.2, 0.25) is 11.8 Å². The van der Waals surface area contributed by atoms with E-state index in [0.29, 0.717) is 24.0 Å². The summed E-state index contributed by atoms with van der Waals surface area (Å²) < 4.78 is 11.5. The van der Waals surface area contributed by atoms with Gasteiger partial charge in [0.25, 0.3) is 0 Å². The van der Waals surface area contributed by atoms with Crippen LogP contribution in [0.15, 0.2) is 36.4 Å². The molecule has 0 spiro atoms. The number of aliphatic carboxylic acids is 1. The first-order valence-electron chi connectivity index (χ1n) is 14.0. The number of likely N-dealkylation sites (tertiary alicyclic amines) is 1. The molecule has 1 aliphatic carbocycles. The lowest BCUT2D eigenvalue weighted by atomic mass is 9.81. The first-order valence-corrected chi connectivity index (χ1v) is 14.4. The molecule has 40 heavy (non-hydrogen) atoms. The molecule has 0 bridgehead atoms. The van der Waals surface area contributed by atoms with Crippen molar-refractivity contribution in [3.63, 3.8) is 0 Å². The molecular weight excluding hydrogens is 532 g/mol. The number of aryl methyl sites for hydroxylation is 1. The number of methoxy groups -OCH3 is 1. The number of carboxylic acid groups (broad SMARTS) is 1. The maximum absolute atomic E-state index is 11.9. The molecule has 1 saturated carbocycles. The normalized spacial score (nSPS) is 20.2. The number of amides is 2. The van der Waals surface area contributed by atoms with Gasteiger partial charge >= 0.3 is 5.97 Å². The largest absolute Gasteiger partial charge is 0.493 e. The second-order valence-corrected chi connectivity index (χ2v) is 11.3. The van der Waals surface area contributed by atoms with Crippen LogP contribution in [0, 0.1) is 18.8 Å². The van der Waals surface area contributed by atoms with Gasteiger partial charge in [0.05, 0.1) is 19.6 Å². The summed E-state index contributed by atoms with van der Waals surface area (Å²) in [4.78, 5) is 38.9. The zero-order valence-corrected chi connectivity index (χ0v) is 24.3. The van der Waals surface area contributed by atoms with Crippen LogP contribution in [0.1, 0.15) is 68.2 Å². The molecule has 0 unspecified atom stereocenters. The van der Waals surface area contributed by atoms with Crippen LogP contribution < -0.4 is 9.47 Å². The van der Waals surface area contributed by atoms with Crippen LogP contribution in [-0.4, -0.2) is 59.5 Å². The lowest BCUT2D eigenvalue weighted by Gasteiger charge is -2.35. The number of carboxylic acids is 1. The van der Waals surface area contributed by atoms with Gasteiger partial charge in [0, 0.05) is 37.0 Å². The Kier molecular flexibility index (Phi) is 10.1. The molecule has 1 heterocycles. The van der Waals surface area contributed by atoms with Gasteiger partial charge in [-0.05, 0) is 80.3 Å². The molecule has 1 aliphatic heterocycles. The third-order valence-electron chi connectivity index (χ3n) is 8.24. The van der Waals surface area contributed by atoms with Gasteiger partial charge < -0.3 is 14.6 Å². The molecular formula is C31H39ClN2O6. The molecule has 2 aromatic carbocycles. The van der Waals surface area contributed by atoms with Crippen LogP contribution in [0.2, 0.25) is 5.02 Å². The number of imide groups is 1. The summed E-state index contributed by atoms with van der Waals surface area (Å²) in [6, 6.07) is 12.1. The van der Waals surface area contributed by atoms with Gasteiger partial charge in [-0.25, -0.2) is 0 Å². The molecule has 1 saturated heterocycles. The van der Waals surface area contributed by atoms with Gasteiger partial charge in [-0.15, -0.1) is 0 Å². The number of carbonyl (C=O) groups excluding carboxylic acids is 2. The van der Waals surface area contributed by atoms with Crippen molar-refractivity contribution >= 4 is 29.4 Å². The minimum atomic E-state index is -0.687. The van der Waals surface area contributed by atoms with E-state index in [1.54, 1.807) is 7.11 Å². The number of halogens is 1. The van der Waals surface area contributed by atoms with Crippen molar-refractivity contribution in [3.8, 4) is 11.5 Å². The van der Waals surface area contributed by atoms with Crippen LogP contribution in [0.4, 0.5) is 0 Å². The lowest BCUT2D eigenvalue weighted by molar-refractivity contribution is -0.143. The molecule has 216 valence electrons. The average molecular weight is 571 g/mol. The quantitative estimate of drug-likeness (QED) is 0.330. The first-order chi connectivity index (χ1) is 19.2. The SMILES string of the molecule is COc1cc(CN(C[C@H]2CC[C@H](C(=O)O)CC2)[C@H](C)c2ccc(Cl)c(C)c2)ccc1OCCN1C(=O)CCC1=O. The second-order valence-electron chi connectivity index (χ2n) is 10.9. The Hall–Kier alpha value is -3.10. The molecule has 8 nitrogen and oxygen atoms in total. The Morgan fingerprint density at radius 2 is 1.77 bits per heavy atom. The fourth-order valence-electron chi connectivity index (χ4n) is 5.71. The minimum Gasteiger partial charge on any atom is -0.493 e. The molecule has 4 rings (SSSR count). The van der Waals surface area contributed by atoms with Crippen molar-refractivity contribution in [1.29, 1.82) is 0 Å². The fourth-order valence-corrected chi connectivity index (χ4v) is 5.82. The van der Waals surface area contributed by atoms with Crippen LogP contribution in [0.5, 0.6) is 11.5 Å². The highest BCUT2D eigenvalue weighted by molar-refractivity contribution is 6.31. The molecule has 0 aromatic heterocycles. The predicted octanol–water partition coefficient (Wildman–Crippen LogP) is 5.64. The van der Waals surface area contributed by atoms with Crippen LogP contribution in [0.3, 0.4) is 0 Å². The topological polar surface area (TPSA) is 96.4 Å². The first kappa shape index (κ1) is 29.9. The fraction of sp³-hybridized carbons (Fsp3) is 0.516. The molecule has 1 N–H and O–H groups in total. The Bertz CT molecular complexity index is 1210. The number of benzene rings is 2. The van der Waals surface area contributed by atoms with Crippen LogP contribution in [-0.2, 0) is 20.9 Å². The van der Waals surface area contributed by atoms with Crippen LogP contribution >= 0.6 is 11.6 Å². The summed E-state index contributed by atoms with van der Waals surface area (Å²) >= 11 is 6.30. The highest BCUT2D eigenvalue weighted by Gasteiger charge is 2.30. The Morgan fingerprint density at radius 1 is 1.07 bits per heavy atom. The Labute approximate surface area is 241 Å². The average Bonchev–Trinajstić information content (AvgIpc) is 3.27. The van der Waals surface area contributed by atoms with E-state index in [9.17, 15) is 19.5 Å². The van der Waals surface area contributed by atoms with Crippen LogP contribution in [0.25, 0.3) is 0 Å². The summed E-state index contributed by atoms with van der Waals surface area (Å²) in [6.07, 6.45) is 3.77. The summed E-state index contributed by atoms with van der Waals surface area (Å²) in [6.45, 7) is 6.16. The number of nitrogens with zero attached hydrogens (tertiary/aromatic N) is 2. The standard InChI is InChI=1S/C31H39ClN2O6/c1-20-16-25(9-10-26(20)32)21(2)33(18-22-4-7-24(8-5-22)31(37)38)19-23-6-11-27(28(17-23)39-3)40-15-14-34-29(35)12-13-30(34)36/h6,9-11,16-17,21-22,24H,4-5,7-8,12-15,18-19H2,1-3H3,(H,37,38)/t21-,22-,24-/m1/s1. The van der Waals surface area contributed by atoms with E-state index in [1.165, 1.54) is 10.5 Å². The smallest absolute Gasteiger partial charge is 0.306 e. The number of hydrogen-bond donors (Lipinski definition) is 1. The minimum absolute atomic E-state index is 0.116. The lowest BCUT2D eigenvalue weighted by Crippen LogP contribution is -2.34. The molecule has 0 radical (unpaired) electrons. The van der Waals surface area contributed by atoms with Crippen molar-refractivity contribution in [2.75, 3.05) is 26.8 Å². The number of carbonyl (C=O) groups is 3. The summed E-state index contributed by atoms with van der Waals surface area (Å²) in [5.74, 6) is 0.341. The van der Waals surface area contributed by atoms with Crippen molar-refractivity contribution in [2.45, 2.75) is 65.0 Å². The number of rotatable bonds is 12. The van der Waals surface area contributed by atoms with Crippen molar-refractivity contribution < 1.29 is 29.0 Å². The predicted molar refractivity (Wildman–Crippen MR) is 153 cm³/mol. The summed E-state index contributed by atoms with van der Waals surface area (Å²) in [5, 5.41) is 10.2. The van der Waals surface area contributed by atoms with E-state index in [1.807, 2.05) is 31.2 Å². The van der Waals surface area contributed by atoms with E-state index >= 15 is 0 Å². The molecule has 2 fully saturated rings. The third kappa shape index (κ3) is 7.34. The van der Waals surface area contributed by atoms with Gasteiger partial charge in [-0.1, -0.05) is 29.8 Å². The molecule has 2 aromatic rings. The van der Waals surface area contributed by atoms with E-state index in [4.69, 9.17) is 21.1 Å². The second kappa shape index (κ2) is 13.5. The number of hydrogen-bond acceptors (Lipinski definition) is 6. The van der Waals surface area contributed by atoms with Gasteiger partial charge in [0.1, 0.15) is 6.61 Å². The van der Waals surface area contributed by atoms with E-state index < -0.39 is 5.97 Å². The number of ether oxygens (including phenoxy) is 2. The maximum Gasteiger partial charge on any atom is 0.306 e. The Balaban J connectivity index is 1.47. The Morgan fingerprint density at radius 3 is 2.40 bits per heavy atom. The van der Waals surface area contributed by atoms with Crippen molar-refractivity contribution in [2.24, 2.45) is 11.8 Å². The van der Waals surface area contributed by atoms with E-state index in [0.717, 1.165) is 48.4 Å². The molecule has 9 heteroatoms. The van der Waals surface area contributed by atoms with E-state index in [2.05, 4.69) is 24.0 Å². The molecule has 2 aliphatic rings. The van der Waals surface area contributed by atoms with Crippen molar-refractivity contribution in [3.05, 3.63) is 58.1 Å². The third-order valence-corrected chi connectivity index (χ3v) is 8.67. The zero-order valence-electron chi connectivity index (χ0n) is 23.5. The highest BCUT2D eigenvalue weighted by Crippen LogP contribution is 2.34. The zero-order chi connectivity index (χ0) is 28.8. The van der Waals surface area contributed by atoms with Crippen molar-refractivity contribution in [1.82, 2.24) is 9.80 Å². The monoisotopic (exact) mass is 570 g/mol. The highest BCUT2D eigenvalue weighted by atomic mass is 35.5. The molecule has 2 amide bonds. The summed E-state index contributed by atoms with van der Waals surface area (Å²) in [7, 11) is 1.59. The van der Waals surface area contributed by atoms with Gasteiger partial charge in [-0.3, -0.25) is 24.2 Å². The molecule has 1 atom stereocenters. The van der Waals surface area contributed by atoms with E-state index in [-0.39, 0.29) is 49.8 Å². The van der Waals surface area contributed by atoms with Gasteiger partial charge in [-0.2, -0.15) is 0 Å². The van der Waals surface area contributed by atoms with Gasteiger partial charge in [0.15, 0.2) is 11.5 Å².